The monoisotopic (exact) mass is 361 g/mol. The molecule has 0 radical (unpaired) electrons. The van der Waals surface area contributed by atoms with Gasteiger partial charge in [-0.25, -0.2) is 8.78 Å². The molecule has 1 aromatic carbocycles. The topological polar surface area (TPSA) is 12.0 Å². The third-order valence-electron chi connectivity index (χ3n) is 3.91. The molecule has 0 bridgehead atoms. The normalized spacial score (nSPS) is 14.2. The molecule has 2 unspecified atom stereocenters. The zero-order chi connectivity index (χ0) is 15.8. The molecule has 0 spiro atoms. The van der Waals surface area contributed by atoms with Crippen LogP contribution in [0.4, 0.5) is 8.78 Å². The van der Waals surface area contributed by atoms with Crippen LogP contribution < -0.4 is 5.32 Å². The van der Waals surface area contributed by atoms with Gasteiger partial charge in [0.25, 0.3) is 0 Å². The van der Waals surface area contributed by atoms with Gasteiger partial charge in [-0.15, -0.1) is 0 Å². The van der Waals surface area contributed by atoms with E-state index in [0.29, 0.717) is 11.5 Å². The second kappa shape index (κ2) is 9.52. The maximum atomic E-state index is 14.3. The predicted molar refractivity (Wildman–Crippen MR) is 88.4 cm³/mol. The summed E-state index contributed by atoms with van der Waals surface area (Å²) in [5, 5.41) is 3.41. The number of benzene rings is 1. The molecular weight excluding hydrogens is 336 g/mol. The van der Waals surface area contributed by atoms with Crippen molar-refractivity contribution in [1.82, 2.24) is 5.32 Å². The lowest BCUT2D eigenvalue weighted by Gasteiger charge is -2.28. The van der Waals surface area contributed by atoms with Crippen LogP contribution in [0.1, 0.15) is 64.5 Å². The molecule has 2 atom stereocenters. The Hall–Kier alpha value is -0.480. The van der Waals surface area contributed by atoms with Crippen LogP contribution in [-0.2, 0) is 0 Å². The molecule has 1 N–H and O–H groups in total. The van der Waals surface area contributed by atoms with Gasteiger partial charge in [0.15, 0.2) is 0 Å². The van der Waals surface area contributed by atoms with E-state index in [9.17, 15) is 8.78 Å². The Bertz CT molecular complexity index is 437. The summed E-state index contributed by atoms with van der Waals surface area (Å²) in [7, 11) is 0. The highest BCUT2D eigenvalue weighted by molar-refractivity contribution is 9.10. The zero-order valence-corrected chi connectivity index (χ0v) is 14.8. The SMILES string of the molecule is CCCCC(CC)C(NCCC)c1cc(F)c(Br)cc1F. The van der Waals surface area contributed by atoms with Crippen molar-refractivity contribution >= 4 is 15.9 Å². The smallest absolute Gasteiger partial charge is 0.137 e. The lowest BCUT2D eigenvalue weighted by Crippen LogP contribution is -2.30. The molecule has 0 aromatic heterocycles. The van der Waals surface area contributed by atoms with E-state index >= 15 is 0 Å². The first-order chi connectivity index (χ1) is 10.0. The molecule has 1 aromatic rings. The Balaban J connectivity index is 3.07. The van der Waals surface area contributed by atoms with E-state index in [-0.39, 0.29) is 16.3 Å². The van der Waals surface area contributed by atoms with E-state index < -0.39 is 5.82 Å². The van der Waals surface area contributed by atoms with Gasteiger partial charge in [-0.05, 0) is 53.4 Å². The average molecular weight is 362 g/mol. The number of hydrogen-bond donors (Lipinski definition) is 1. The highest BCUT2D eigenvalue weighted by atomic mass is 79.9. The summed E-state index contributed by atoms with van der Waals surface area (Å²) in [5.74, 6) is -0.418. The minimum absolute atomic E-state index is 0.121. The second-order valence-corrected chi connectivity index (χ2v) is 6.38. The molecular formula is C17H26BrF2N. The average Bonchev–Trinajstić information content (AvgIpc) is 2.47. The van der Waals surface area contributed by atoms with E-state index in [1.807, 2.05) is 0 Å². The summed E-state index contributed by atoms with van der Waals surface area (Å²) in [6.07, 6.45) is 5.20. The molecule has 0 aliphatic rings. The molecule has 0 amide bonds. The van der Waals surface area contributed by atoms with Crippen molar-refractivity contribution in [2.24, 2.45) is 5.92 Å². The fraction of sp³-hybridized carbons (Fsp3) is 0.647. The Morgan fingerprint density at radius 1 is 1.10 bits per heavy atom. The number of nitrogens with one attached hydrogen (secondary N) is 1. The first-order valence-electron chi connectivity index (χ1n) is 7.92. The summed E-state index contributed by atoms with van der Waals surface area (Å²) in [4.78, 5) is 0. The lowest BCUT2D eigenvalue weighted by atomic mass is 9.86. The fourth-order valence-corrected chi connectivity index (χ4v) is 2.99. The van der Waals surface area contributed by atoms with Crippen LogP contribution in [0, 0.1) is 17.6 Å². The van der Waals surface area contributed by atoms with Crippen LogP contribution in [-0.4, -0.2) is 6.54 Å². The summed E-state index contributed by atoms with van der Waals surface area (Å²) < 4.78 is 28.3. The Morgan fingerprint density at radius 2 is 1.81 bits per heavy atom. The first-order valence-corrected chi connectivity index (χ1v) is 8.72. The summed E-state index contributed by atoms with van der Waals surface area (Å²) in [5.41, 5.74) is 0.451. The van der Waals surface area contributed by atoms with E-state index in [1.165, 1.54) is 12.1 Å². The summed E-state index contributed by atoms with van der Waals surface area (Å²) in [6.45, 7) is 7.16. The number of halogens is 3. The highest BCUT2D eigenvalue weighted by Crippen LogP contribution is 2.32. The van der Waals surface area contributed by atoms with Gasteiger partial charge in [0.1, 0.15) is 11.6 Å². The van der Waals surface area contributed by atoms with Crippen molar-refractivity contribution < 1.29 is 8.78 Å². The van der Waals surface area contributed by atoms with Crippen LogP contribution in [0.5, 0.6) is 0 Å². The van der Waals surface area contributed by atoms with Crippen LogP contribution in [0.2, 0.25) is 0 Å². The van der Waals surface area contributed by atoms with E-state index in [0.717, 1.165) is 38.6 Å². The zero-order valence-electron chi connectivity index (χ0n) is 13.2. The van der Waals surface area contributed by atoms with Gasteiger partial charge in [0.2, 0.25) is 0 Å². The molecule has 0 heterocycles. The molecule has 0 fully saturated rings. The molecule has 0 aliphatic heterocycles. The van der Waals surface area contributed by atoms with Crippen LogP contribution in [0.3, 0.4) is 0 Å². The van der Waals surface area contributed by atoms with E-state index in [1.54, 1.807) is 0 Å². The lowest BCUT2D eigenvalue weighted by molar-refractivity contribution is 0.315. The fourth-order valence-electron chi connectivity index (χ4n) is 2.68. The van der Waals surface area contributed by atoms with E-state index in [2.05, 4.69) is 42.0 Å². The van der Waals surface area contributed by atoms with Crippen molar-refractivity contribution in [3.8, 4) is 0 Å². The third kappa shape index (κ3) is 5.33. The van der Waals surface area contributed by atoms with Gasteiger partial charge in [-0.3, -0.25) is 0 Å². The van der Waals surface area contributed by atoms with Crippen molar-refractivity contribution in [3.63, 3.8) is 0 Å². The van der Waals surface area contributed by atoms with Crippen molar-refractivity contribution in [3.05, 3.63) is 33.8 Å². The second-order valence-electron chi connectivity index (χ2n) is 5.53. The third-order valence-corrected chi connectivity index (χ3v) is 4.52. The molecule has 21 heavy (non-hydrogen) atoms. The van der Waals surface area contributed by atoms with Gasteiger partial charge in [-0.1, -0.05) is 40.0 Å². The quantitative estimate of drug-likeness (QED) is 0.533. The van der Waals surface area contributed by atoms with Gasteiger partial charge in [0, 0.05) is 11.6 Å². The number of unbranched alkanes of at least 4 members (excludes halogenated alkanes) is 1. The molecule has 1 nitrogen and oxygen atoms in total. The summed E-state index contributed by atoms with van der Waals surface area (Å²) >= 11 is 3.04. The number of rotatable bonds is 9. The highest BCUT2D eigenvalue weighted by Gasteiger charge is 2.24. The molecule has 120 valence electrons. The Labute approximate surface area is 135 Å². The van der Waals surface area contributed by atoms with Gasteiger partial charge >= 0.3 is 0 Å². The van der Waals surface area contributed by atoms with Crippen LogP contribution in [0.25, 0.3) is 0 Å². The molecule has 4 heteroatoms. The maximum Gasteiger partial charge on any atom is 0.137 e. The maximum absolute atomic E-state index is 14.3. The summed E-state index contributed by atoms with van der Waals surface area (Å²) in [6, 6.07) is 2.45. The molecule has 0 saturated carbocycles. The minimum Gasteiger partial charge on any atom is -0.310 e. The predicted octanol–water partition coefficient (Wildman–Crippen LogP) is 5.98. The Morgan fingerprint density at radius 3 is 2.38 bits per heavy atom. The van der Waals surface area contributed by atoms with Crippen LogP contribution in [0.15, 0.2) is 16.6 Å². The van der Waals surface area contributed by atoms with Crippen molar-refractivity contribution in [2.75, 3.05) is 6.54 Å². The van der Waals surface area contributed by atoms with Gasteiger partial charge in [0.05, 0.1) is 4.47 Å². The van der Waals surface area contributed by atoms with Crippen molar-refractivity contribution in [1.29, 1.82) is 0 Å². The Kier molecular flexibility index (Phi) is 8.42. The standard InChI is InChI=1S/C17H26BrF2N/c1-4-7-8-12(6-3)17(21-9-5-2)13-10-16(20)14(18)11-15(13)19/h10-12,17,21H,4-9H2,1-3H3. The molecule has 0 aliphatic carbocycles. The van der Waals surface area contributed by atoms with Crippen LogP contribution >= 0.6 is 15.9 Å². The number of hydrogen-bond acceptors (Lipinski definition) is 1. The van der Waals surface area contributed by atoms with Crippen molar-refractivity contribution in [2.45, 2.75) is 58.9 Å². The van der Waals surface area contributed by atoms with Gasteiger partial charge < -0.3 is 5.32 Å². The first kappa shape index (κ1) is 18.6. The van der Waals surface area contributed by atoms with Gasteiger partial charge in [-0.2, -0.15) is 0 Å². The largest absolute Gasteiger partial charge is 0.310 e. The van der Waals surface area contributed by atoms with E-state index in [4.69, 9.17) is 0 Å². The molecule has 0 saturated heterocycles. The molecule has 1 rings (SSSR count). The minimum atomic E-state index is -0.403.